The monoisotopic (exact) mass is 659 g/mol. The number of aromatic nitrogens is 3. The van der Waals surface area contributed by atoms with Crippen molar-refractivity contribution in [1.82, 2.24) is 25.6 Å². The third kappa shape index (κ3) is 8.58. The molecule has 0 unspecified atom stereocenters. The Hall–Kier alpha value is -5.77. The van der Waals surface area contributed by atoms with Crippen LogP contribution in [0.4, 0.5) is 4.79 Å². The van der Waals surface area contributed by atoms with Gasteiger partial charge >= 0.3 is 12.1 Å². The van der Waals surface area contributed by atoms with Crippen LogP contribution in [0.25, 0.3) is 0 Å². The van der Waals surface area contributed by atoms with Gasteiger partial charge in [0.25, 0.3) is 0 Å². The summed E-state index contributed by atoms with van der Waals surface area (Å²) < 4.78 is 12.5. The number of nitrogens with one attached hydrogen (secondary N) is 2. The SMILES string of the molecule is C[C@@H](C(=O)OCc1ccccc1)n1nncc1[C@H](CC(=O)NC(c1ccccc1)(c1ccccc1)c1ccccc1)NC(=O)OC(C)(C)C. The maximum absolute atomic E-state index is 14.4. The van der Waals surface area contributed by atoms with Gasteiger partial charge in [0.1, 0.15) is 23.8 Å². The summed E-state index contributed by atoms with van der Waals surface area (Å²) in [6.45, 7) is 6.95. The van der Waals surface area contributed by atoms with Crippen LogP contribution < -0.4 is 10.6 Å². The Bertz CT molecular complexity index is 1730. The van der Waals surface area contributed by atoms with Gasteiger partial charge in [-0.05, 0) is 49.9 Å². The highest BCUT2D eigenvalue weighted by atomic mass is 16.6. The maximum atomic E-state index is 14.4. The molecule has 5 rings (SSSR count). The minimum absolute atomic E-state index is 0.0799. The van der Waals surface area contributed by atoms with Crippen molar-refractivity contribution >= 4 is 18.0 Å². The lowest BCUT2D eigenvalue weighted by Crippen LogP contribution is -2.49. The molecule has 0 bridgehead atoms. The lowest BCUT2D eigenvalue weighted by molar-refractivity contribution is -0.148. The largest absolute Gasteiger partial charge is 0.459 e. The predicted octanol–water partition coefficient (Wildman–Crippen LogP) is 6.65. The van der Waals surface area contributed by atoms with E-state index in [9.17, 15) is 14.4 Å². The van der Waals surface area contributed by atoms with E-state index in [1.165, 1.54) is 10.9 Å². The molecule has 2 N–H and O–H groups in total. The Kier molecular flexibility index (Phi) is 10.9. The van der Waals surface area contributed by atoms with Crippen LogP contribution >= 0.6 is 0 Å². The van der Waals surface area contributed by atoms with E-state index in [4.69, 9.17) is 9.47 Å². The second kappa shape index (κ2) is 15.4. The Balaban J connectivity index is 1.49. The number of rotatable bonds is 12. The zero-order valence-corrected chi connectivity index (χ0v) is 28.1. The summed E-state index contributed by atoms with van der Waals surface area (Å²) in [5.74, 6) is -0.933. The van der Waals surface area contributed by atoms with Gasteiger partial charge in [0.05, 0.1) is 24.4 Å². The molecule has 5 aromatic rings. The highest BCUT2D eigenvalue weighted by Crippen LogP contribution is 2.37. The molecule has 0 spiro atoms. The number of esters is 1. The van der Waals surface area contributed by atoms with Gasteiger partial charge in [-0.2, -0.15) is 0 Å². The van der Waals surface area contributed by atoms with E-state index in [-0.39, 0.29) is 18.9 Å². The van der Waals surface area contributed by atoms with Gasteiger partial charge in [-0.1, -0.05) is 127 Å². The molecule has 1 aromatic heterocycles. The zero-order valence-electron chi connectivity index (χ0n) is 28.1. The molecule has 0 radical (unpaired) electrons. The average Bonchev–Trinajstić information content (AvgIpc) is 3.60. The van der Waals surface area contributed by atoms with Crippen LogP contribution in [0.1, 0.15) is 74.1 Å². The van der Waals surface area contributed by atoms with E-state index in [0.717, 1.165) is 22.3 Å². The number of carbonyl (C=O) groups is 3. The Morgan fingerprint density at radius 2 is 1.24 bits per heavy atom. The average molecular weight is 660 g/mol. The Labute approximate surface area is 286 Å². The smallest absolute Gasteiger partial charge is 0.408 e. The molecule has 49 heavy (non-hydrogen) atoms. The van der Waals surface area contributed by atoms with Crippen LogP contribution in [0.15, 0.2) is 128 Å². The van der Waals surface area contributed by atoms with Crippen molar-refractivity contribution < 1.29 is 23.9 Å². The molecule has 0 fully saturated rings. The number of carbonyl (C=O) groups excluding carboxylic acids is 3. The van der Waals surface area contributed by atoms with E-state index in [0.29, 0.717) is 5.69 Å². The van der Waals surface area contributed by atoms with Crippen molar-refractivity contribution in [2.24, 2.45) is 0 Å². The molecular weight excluding hydrogens is 618 g/mol. The van der Waals surface area contributed by atoms with Crippen LogP contribution in [0.3, 0.4) is 0 Å². The molecule has 2 atom stereocenters. The number of ether oxygens (including phenoxy) is 2. The minimum atomic E-state index is -1.08. The predicted molar refractivity (Wildman–Crippen MR) is 185 cm³/mol. The molecule has 0 saturated heterocycles. The highest BCUT2D eigenvalue weighted by Gasteiger charge is 2.39. The summed E-state index contributed by atoms with van der Waals surface area (Å²) in [5, 5.41) is 14.4. The van der Waals surface area contributed by atoms with E-state index >= 15 is 0 Å². The first-order chi connectivity index (χ1) is 23.6. The van der Waals surface area contributed by atoms with Gasteiger partial charge in [0.15, 0.2) is 0 Å². The van der Waals surface area contributed by atoms with Crippen molar-refractivity contribution in [2.45, 2.75) is 63.9 Å². The molecule has 4 aromatic carbocycles. The first-order valence-electron chi connectivity index (χ1n) is 16.1. The fourth-order valence-electron chi connectivity index (χ4n) is 5.66. The highest BCUT2D eigenvalue weighted by molar-refractivity contribution is 5.81. The van der Waals surface area contributed by atoms with Gasteiger partial charge < -0.3 is 20.1 Å². The summed E-state index contributed by atoms with van der Waals surface area (Å²) in [4.78, 5) is 40.7. The first kappa shape index (κ1) is 34.6. The third-order valence-electron chi connectivity index (χ3n) is 7.92. The molecule has 0 saturated carbocycles. The van der Waals surface area contributed by atoms with Crippen molar-refractivity contribution in [3.8, 4) is 0 Å². The van der Waals surface area contributed by atoms with Gasteiger partial charge in [0.2, 0.25) is 5.91 Å². The van der Waals surface area contributed by atoms with Crippen molar-refractivity contribution in [3.05, 3.63) is 155 Å². The second-order valence-electron chi connectivity index (χ2n) is 12.7. The van der Waals surface area contributed by atoms with Gasteiger partial charge in [-0.3, -0.25) is 4.79 Å². The summed E-state index contributed by atoms with van der Waals surface area (Å²) in [5.41, 5.74) is 1.82. The number of hydrogen-bond acceptors (Lipinski definition) is 7. The molecule has 2 amide bonds. The maximum Gasteiger partial charge on any atom is 0.408 e. The topological polar surface area (TPSA) is 124 Å². The van der Waals surface area contributed by atoms with Crippen LogP contribution in [-0.4, -0.2) is 38.6 Å². The van der Waals surface area contributed by atoms with E-state index < -0.39 is 35.3 Å². The van der Waals surface area contributed by atoms with E-state index in [1.807, 2.05) is 121 Å². The van der Waals surface area contributed by atoms with Gasteiger partial charge in [-0.25, -0.2) is 14.3 Å². The number of hydrogen-bond donors (Lipinski definition) is 2. The first-order valence-corrected chi connectivity index (χ1v) is 16.1. The summed E-state index contributed by atoms with van der Waals surface area (Å²) in [6, 6.07) is 36.6. The molecule has 0 aliphatic heterocycles. The van der Waals surface area contributed by atoms with E-state index in [1.54, 1.807) is 27.7 Å². The van der Waals surface area contributed by atoms with Crippen molar-refractivity contribution in [1.29, 1.82) is 0 Å². The molecule has 252 valence electrons. The van der Waals surface area contributed by atoms with Crippen molar-refractivity contribution in [3.63, 3.8) is 0 Å². The summed E-state index contributed by atoms with van der Waals surface area (Å²) in [7, 11) is 0. The van der Waals surface area contributed by atoms with Crippen molar-refractivity contribution in [2.75, 3.05) is 0 Å². The minimum Gasteiger partial charge on any atom is -0.459 e. The van der Waals surface area contributed by atoms with Gasteiger partial charge in [0, 0.05) is 0 Å². The lowest BCUT2D eigenvalue weighted by atomic mass is 9.77. The standard InChI is InChI=1S/C39H41N5O5/c1-28(36(46)48-27-29-17-9-5-10-18-29)44-34(26-40-43-44)33(41-37(47)49-38(2,3)4)25-35(45)42-39(30-19-11-6-12-20-30,31-21-13-7-14-22-31)32-23-15-8-16-24-32/h5-24,26,28,33H,25,27H2,1-4H3,(H,41,47)(H,42,45)/t28-,33-/m0/s1. The molecule has 0 aliphatic carbocycles. The number of amides is 2. The number of nitrogens with zero attached hydrogens (tertiary/aromatic N) is 3. The molecule has 10 heteroatoms. The van der Waals surface area contributed by atoms with Crippen LogP contribution in [-0.2, 0) is 31.2 Å². The molecule has 0 aliphatic rings. The quantitative estimate of drug-likeness (QED) is 0.114. The number of alkyl carbamates (subject to hydrolysis) is 1. The lowest BCUT2D eigenvalue weighted by Gasteiger charge is -2.37. The Morgan fingerprint density at radius 1 is 0.755 bits per heavy atom. The Morgan fingerprint density at radius 3 is 1.73 bits per heavy atom. The third-order valence-corrected chi connectivity index (χ3v) is 7.92. The van der Waals surface area contributed by atoms with E-state index in [2.05, 4.69) is 20.9 Å². The van der Waals surface area contributed by atoms with Crippen LogP contribution in [0.2, 0.25) is 0 Å². The second-order valence-corrected chi connectivity index (χ2v) is 12.7. The van der Waals surface area contributed by atoms with Gasteiger partial charge in [-0.15, -0.1) is 5.10 Å². The molecule has 1 heterocycles. The molecular formula is C39H41N5O5. The normalized spacial score (nSPS) is 12.7. The molecule has 10 nitrogen and oxygen atoms in total. The van der Waals surface area contributed by atoms with Crippen LogP contribution in [0, 0.1) is 0 Å². The van der Waals surface area contributed by atoms with Crippen LogP contribution in [0.5, 0.6) is 0 Å². The fraction of sp³-hybridized carbons (Fsp3) is 0.256. The fourth-order valence-corrected chi connectivity index (χ4v) is 5.66. The summed E-state index contributed by atoms with van der Waals surface area (Å²) in [6.07, 6.45) is 0.458. The number of benzene rings is 4. The zero-order chi connectivity index (χ0) is 34.9. The summed E-state index contributed by atoms with van der Waals surface area (Å²) >= 11 is 0.